The van der Waals surface area contributed by atoms with Gasteiger partial charge >= 0.3 is 0 Å². The molecule has 0 atom stereocenters. The van der Waals surface area contributed by atoms with E-state index in [0.29, 0.717) is 6.61 Å². The zero-order valence-corrected chi connectivity index (χ0v) is 13.1. The number of hydrogen-bond donors (Lipinski definition) is 1. The third-order valence-corrected chi connectivity index (χ3v) is 3.48. The van der Waals surface area contributed by atoms with Crippen LogP contribution in [0.1, 0.15) is 11.1 Å². The summed E-state index contributed by atoms with van der Waals surface area (Å²) in [5.74, 6) is 1.70. The van der Waals surface area contributed by atoms with Gasteiger partial charge in [0, 0.05) is 13.5 Å². The minimum Gasteiger partial charge on any atom is -0.497 e. The Hall–Kier alpha value is -2.07. The zero-order chi connectivity index (χ0) is 15.1. The third kappa shape index (κ3) is 4.76. The van der Waals surface area contributed by atoms with Crippen LogP contribution in [0, 0.1) is 0 Å². The molecule has 1 N–H and O–H groups in total. The predicted molar refractivity (Wildman–Crippen MR) is 89.1 cm³/mol. The van der Waals surface area contributed by atoms with Gasteiger partial charge in [0.1, 0.15) is 18.1 Å². The molecule has 3 nitrogen and oxygen atoms in total. The normalized spacial score (nSPS) is 10.0. The number of likely N-dealkylation sites (N-methyl/N-ethyl adjacent to an activating group) is 1. The van der Waals surface area contributed by atoms with Gasteiger partial charge in [0.05, 0.1) is 12.1 Å². The van der Waals surface area contributed by atoms with Gasteiger partial charge in [0.15, 0.2) is 0 Å². The molecule has 0 saturated heterocycles. The first-order chi connectivity index (χ1) is 10.2. The molecule has 0 fully saturated rings. The maximum Gasteiger partial charge on any atom is 0.119 e. The second-order valence-electron chi connectivity index (χ2n) is 4.63. The zero-order valence-electron chi connectivity index (χ0n) is 12.3. The molecular formula is C17H19NO2S. The van der Waals surface area contributed by atoms with Crippen LogP contribution < -0.4 is 14.8 Å². The third-order valence-electron chi connectivity index (χ3n) is 3.13. The van der Waals surface area contributed by atoms with E-state index in [1.54, 1.807) is 7.11 Å². The Balaban J connectivity index is 1.89. The average Bonchev–Trinajstić information content (AvgIpc) is 2.54. The predicted octanol–water partition coefficient (Wildman–Crippen LogP) is 3.36. The van der Waals surface area contributed by atoms with Crippen molar-refractivity contribution in [2.45, 2.75) is 13.0 Å². The van der Waals surface area contributed by atoms with E-state index >= 15 is 0 Å². The summed E-state index contributed by atoms with van der Waals surface area (Å²) in [6, 6.07) is 15.9. The highest BCUT2D eigenvalue weighted by atomic mass is 32.1. The van der Waals surface area contributed by atoms with Gasteiger partial charge < -0.3 is 14.8 Å². The quantitative estimate of drug-likeness (QED) is 0.829. The van der Waals surface area contributed by atoms with Gasteiger partial charge in [-0.15, -0.1) is 0 Å². The van der Waals surface area contributed by atoms with Gasteiger partial charge in [-0.25, -0.2) is 0 Å². The highest BCUT2D eigenvalue weighted by Crippen LogP contribution is 2.16. The van der Waals surface area contributed by atoms with Crippen LogP contribution in [0.25, 0.3) is 0 Å². The van der Waals surface area contributed by atoms with Crippen molar-refractivity contribution in [3.8, 4) is 11.5 Å². The molecular weight excluding hydrogens is 282 g/mol. The summed E-state index contributed by atoms with van der Waals surface area (Å²) in [6.45, 7) is 0.540. The maximum absolute atomic E-state index is 5.76. The van der Waals surface area contributed by atoms with Crippen molar-refractivity contribution in [1.29, 1.82) is 0 Å². The van der Waals surface area contributed by atoms with Crippen molar-refractivity contribution in [1.82, 2.24) is 5.32 Å². The molecule has 0 radical (unpaired) electrons. The van der Waals surface area contributed by atoms with Crippen LogP contribution in [0.3, 0.4) is 0 Å². The second-order valence-corrected chi connectivity index (χ2v) is 5.12. The van der Waals surface area contributed by atoms with Crippen molar-refractivity contribution in [2.24, 2.45) is 0 Å². The fourth-order valence-electron chi connectivity index (χ4n) is 1.87. The Kier molecular flexibility index (Phi) is 5.58. The van der Waals surface area contributed by atoms with Crippen LogP contribution in [0.5, 0.6) is 11.5 Å². The first-order valence-corrected chi connectivity index (χ1v) is 7.17. The lowest BCUT2D eigenvalue weighted by Gasteiger charge is -2.08. The van der Waals surface area contributed by atoms with Gasteiger partial charge in [-0.1, -0.05) is 36.5 Å². The molecule has 2 rings (SSSR count). The minimum atomic E-state index is 0.540. The Labute approximate surface area is 130 Å². The lowest BCUT2D eigenvalue weighted by atomic mass is 10.1. The molecule has 0 spiro atoms. The summed E-state index contributed by atoms with van der Waals surface area (Å²) < 4.78 is 10.9. The minimum absolute atomic E-state index is 0.540. The van der Waals surface area contributed by atoms with E-state index in [-0.39, 0.29) is 0 Å². The number of ether oxygens (including phenoxy) is 2. The molecule has 2 aromatic carbocycles. The van der Waals surface area contributed by atoms with Gasteiger partial charge in [0.2, 0.25) is 0 Å². The number of rotatable bonds is 6. The highest BCUT2D eigenvalue weighted by molar-refractivity contribution is 7.80. The lowest BCUT2D eigenvalue weighted by Crippen LogP contribution is -2.17. The standard InChI is InChI=1S/C17H19NO2S/c1-18-17(21)11-13-3-9-16(10-4-13)20-12-14-5-7-15(19-2)8-6-14/h3-10H,11-12H2,1-2H3,(H,18,21). The molecule has 0 heterocycles. The molecule has 0 amide bonds. The summed E-state index contributed by atoms with van der Waals surface area (Å²) in [4.78, 5) is 0.835. The summed E-state index contributed by atoms with van der Waals surface area (Å²) in [6.07, 6.45) is 0.755. The molecule has 0 unspecified atom stereocenters. The molecule has 0 aromatic heterocycles. The van der Waals surface area contributed by atoms with Crippen LogP contribution >= 0.6 is 12.2 Å². The number of benzene rings is 2. The molecule has 4 heteroatoms. The Morgan fingerprint density at radius 3 is 2.10 bits per heavy atom. The van der Waals surface area contributed by atoms with E-state index in [4.69, 9.17) is 21.7 Å². The van der Waals surface area contributed by atoms with Gasteiger partial charge in [0.25, 0.3) is 0 Å². The number of hydrogen-bond acceptors (Lipinski definition) is 3. The Morgan fingerprint density at radius 2 is 1.52 bits per heavy atom. The van der Waals surface area contributed by atoms with Crippen molar-refractivity contribution in [2.75, 3.05) is 14.2 Å². The lowest BCUT2D eigenvalue weighted by molar-refractivity contribution is 0.306. The van der Waals surface area contributed by atoms with E-state index in [2.05, 4.69) is 5.32 Å². The maximum atomic E-state index is 5.76. The highest BCUT2D eigenvalue weighted by Gasteiger charge is 2.00. The first kappa shape index (κ1) is 15.3. The Bertz CT molecular complexity index is 579. The van der Waals surface area contributed by atoms with Gasteiger partial charge in [-0.2, -0.15) is 0 Å². The van der Waals surface area contributed by atoms with Gasteiger partial charge in [-0.3, -0.25) is 0 Å². The number of nitrogens with one attached hydrogen (secondary N) is 1. The molecule has 21 heavy (non-hydrogen) atoms. The van der Waals surface area contributed by atoms with E-state index < -0.39 is 0 Å². The molecule has 0 bridgehead atoms. The van der Waals surface area contributed by atoms with Gasteiger partial charge in [-0.05, 0) is 35.4 Å². The molecule has 0 aliphatic carbocycles. The summed E-state index contributed by atoms with van der Waals surface area (Å²) in [7, 11) is 3.50. The smallest absolute Gasteiger partial charge is 0.119 e. The van der Waals surface area contributed by atoms with E-state index in [0.717, 1.165) is 28.5 Å². The molecule has 0 aliphatic heterocycles. The summed E-state index contributed by atoms with van der Waals surface area (Å²) in [5, 5.41) is 2.97. The van der Waals surface area contributed by atoms with Crippen LogP contribution in [0.4, 0.5) is 0 Å². The first-order valence-electron chi connectivity index (χ1n) is 6.76. The average molecular weight is 301 g/mol. The second kappa shape index (κ2) is 7.64. The number of methoxy groups -OCH3 is 1. The number of thiocarbonyl (C=S) groups is 1. The summed E-state index contributed by atoms with van der Waals surface area (Å²) >= 11 is 5.15. The Morgan fingerprint density at radius 1 is 0.952 bits per heavy atom. The molecule has 0 aliphatic rings. The van der Waals surface area contributed by atoms with Crippen molar-refractivity contribution in [3.63, 3.8) is 0 Å². The van der Waals surface area contributed by atoms with E-state index in [1.165, 1.54) is 5.56 Å². The summed E-state index contributed by atoms with van der Waals surface area (Å²) in [5.41, 5.74) is 2.28. The van der Waals surface area contributed by atoms with Crippen molar-refractivity contribution < 1.29 is 9.47 Å². The van der Waals surface area contributed by atoms with Crippen LogP contribution in [-0.2, 0) is 13.0 Å². The van der Waals surface area contributed by atoms with Crippen molar-refractivity contribution >= 4 is 17.2 Å². The van der Waals surface area contributed by atoms with Crippen LogP contribution in [0.15, 0.2) is 48.5 Å². The molecule has 2 aromatic rings. The SMILES string of the molecule is CNC(=S)Cc1ccc(OCc2ccc(OC)cc2)cc1. The van der Waals surface area contributed by atoms with Crippen molar-refractivity contribution in [3.05, 3.63) is 59.7 Å². The fraction of sp³-hybridized carbons (Fsp3) is 0.235. The molecule has 110 valence electrons. The monoisotopic (exact) mass is 301 g/mol. The van der Waals surface area contributed by atoms with E-state index in [9.17, 15) is 0 Å². The van der Waals surface area contributed by atoms with Crippen LogP contribution in [0.2, 0.25) is 0 Å². The topological polar surface area (TPSA) is 30.5 Å². The largest absolute Gasteiger partial charge is 0.497 e. The fourth-order valence-corrected chi connectivity index (χ4v) is 2.03. The van der Waals surface area contributed by atoms with E-state index in [1.807, 2.05) is 55.6 Å². The van der Waals surface area contributed by atoms with Crippen LogP contribution in [-0.4, -0.2) is 19.1 Å². The molecule has 0 saturated carbocycles.